The molecule has 3 rings (SSSR count). The van der Waals surface area contributed by atoms with Crippen molar-refractivity contribution in [3.63, 3.8) is 0 Å². The first-order chi connectivity index (χ1) is 14.0. The lowest BCUT2D eigenvalue weighted by molar-refractivity contribution is -0.139. The molecule has 0 saturated heterocycles. The van der Waals surface area contributed by atoms with E-state index in [1.807, 2.05) is 19.9 Å². The van der Waals surface area contributed by atoms with E-state index in [0.717, 1.165) is 29.6 Å². The molecule has 0 spiro atoms. The fourth-order valence-corrected chi connectivity index (χ4v) is 4.19. The molecule has 10 heteroatoms. The van der Waals surface area contributed by atoms with E-state index in [-0.39, 0.29) is 5.56 Å². The van der Waals surface area contributed by atoms with Crippen LogP contribution in [-0.4, -0.2) is 24.1 Å². The summed E-state index contributed by atoms with van der Waals surface area (Å²) < 4.78 is 67.8. The zero-order valence-corrected chi connectivity index (χ0v) is 16.9. The highest BCUT2D eigenvalue weighted by Crippen LogP contribution is 2.33. The van der Waals surface area contributed by atoms with Gasteiger partial charge in [0.25, 0.3) is 15.9 Å². The third-order valence-corrected chi connectivity index (χ3v) is 5.72. The highest BCUT2D eigenvalue weighted by molar-refractivity contribution is 7.90. The molecule has 1 aromatic heterocycles. The number of sulfonamides is 1. The van der Waals surface area contributed by atoms with E-state index in [9.17, 15) is 26.4 Å². The predicted molar refractivity (Wildman–Crippen MR) is 103 cm³/mol. The number of carbonyl (C=O) groups is 1. The van der Waals surface area contributed by atoms with Crippen LogP contribution in [0.25, 0.3) is 0 Å². The first-order valence-corrected chi connectivity index (χ1v) is 10.3. The molecule has 3 aromatic rings. The highest BCUT2D eigenvalue weighted by Gasteiger charge is 2.37. The molecule has 0 bridgehead atoms. The van der Waals surface area contributed by atoms with Crippen molar-refractivity contribution in [3.05, 3.63) is 82.7 Å². The summed E-state index contributed by atoms with van der Waals surface area (Å²) in [6.45, 7) is 4.07. The van der Waals surface area contributed by atoms with Crippen LogP contribution in [0.1, 0.15) is 32.9 Å². The third-order valence-electron chi connectivity index (χ3n) is 4.33. The van der Waals surface area contributed by atoms with Gasteiger partial charge in [-0.3, -0.25) is 9.48 Å². The number of rotatable bonds is 5. The Morgan fingerprint density at radius 3 is 2.40 bits per heavy atom. The maximum absolute atomic E-state index is 13.1. The van der Waals surface area contributed by atoms with Gasteiger partial charge in [0.05, 0.1) is 22.7 Å². The number of aryl methyl sites for hydroxylation is 2. The Hall–Kier alpha value is -3.14. The zero-order chi connectivity index (χ0) is 22.1. The molecule has 30 heavy (non-hydrogen) atoms. The molecule has 0 saturated carbocycles. The van der Waals surface area contributed by atoms with E-state index in [2.05, 4.69) is 5.10 Å². The molecule has 6 nitrogen and oxygen atoms in total. The van der Waals surface area contributed by atoms with Crippen molar-refractivity contribution in [1.82, 2.24) is 14.5 Å². The molecule has 0 radical (unpaired) electrons. The van der Waals surface area contributed by atoms with Crippen molar-refractivity contribution in [2.24, 2.45) is 0 Å². The van der Waals surface area contributed by atoms with Gasteiger partial charge in [-0.1, -0.05) is 24.3 Å². The molecule has 0 aliphatic rings. The van der Waals surface area contributed by atoms with Crippen molar-refractivity contribution < 1.29 is 26.4 Å². The fourth-order valence-electron chi connectivity index (χ4n) is 2.99. The molecule has 1 heterocycles. The average molecular weight is 437 g/mol. The van der Waals surface area contributed by atoms with E-state index in [0.29, 0.717) is 18.2 Å². The Morgan fingerprint density at radius 2 is 1.77 bits per heavy atom. The summed E-state index contributed by atoms with van der Waals surface area (Å²) in [4.78, 5) is 11.5. The summed E-state index contributed by atoms with van der Waals surface area (Å²) in [6.07, 6.45) is -4.88. The second kappa shape index (κ2) is 7.94. The maximum atomic E-state index is 13.1. The molecule has 0 aliphatic heterocycles. The largest absolute Gasteiger partial charge is 0.417 e. The SMILES string of the molecule is Cc1cc(C)n(Cc2cccc(C(=O)NS(=O)(=O)c3ccccc3C(F)(F)F)c2)n1. The summed E-state index contributed by atoms with van der Waals surface area (Å²) >= 11 is 0. The topological polar surface area (TPSA) is 81.1 Å². The van der Waals surface area contributed by atoms with Crippen LogP contribution >= 0.6 is 0 Å². The lowest BCUT2D eigenvalue weighted by Gasteiger charge is -2.14. The Labute approximate surface area is 171 Å². The first kappa shape index (κ1) is 21.6. The van der Waals surface area contributed by atoms with Crippen molar-refractivity contribution in [1.29, 1.82) is 0 Å². The minimum absolute atomic E-state index is 0.00194. The molecule has 0 unspecified atom stereocenters. The van der Waals surface area contributed by atoms with Crippen LogP contribution in [0.4, 0.5) is 13.2 Å². The number of amides is 1. The van der Waals surface area contributed by atoms with Gasteiger partial charge in [0.1, 0.15) is 0 Å². The summed E-state index contributed by atoms with van der Waals surface area (Å²) in [6, 6.07) is 11.7. The van der Waals surface area contributed by atoms with Crippen molar-refractivity contribution in [2.45, 2.75) is 31.5 Å². The van der Waals surface area contributed by atoms with E-state index in [1.54, 1.807) is 21.5 Å². The molecule has 2 aromatic carbocycles. The number of halogens is 3. The van der Waals surface area contributed by atoms with Gasteiger partial charge in [0.2, 0.25) is 0 Å². The van der Waals surface area contributed by atoms with Gasteiger partial charge >= 0.3 is 6.18 Å². The standard InChI is InChI=1S/C20H18F3N3O3S/c1-13-10-14(2)26(24-13)12-15-6-5-7-16(11-15)19(27)25-30(28,29)18-9-4-3-8-17(18)20(21,22)23/h3-11H,12H2,1-2H3,(H,25,27). The van der Waals surface area contributed by atoms with Crippen molar-refractivity contribution in [3.8, 4) is 0 Å². The first-order valence-electron chi connectivity index (χ1n) is 8.81. The summed E-state index contributed by atoms with van der Waals surface area (Å²) in [5.41, 5.74) is 1.08. The number of alkyl halides is 3. The van der Waals surface area contributed by atoms with Crippen LogP contribution in [0.2, 0.25) is 0 Å². The number of hydrogen-bond donors (Lipinski definition) is 1. The summed E-state index contributed by atoms with van der Waals surface area (Å²) in [7, 11) is -4.73. The van der Waals surface area contributed by atoms with Crippen LogP contribution in [0.15, 0.2) is 59.5 Å². The van der Waals surface area contributed by atoms with E-state index >= 15 is 0 Å². The van der Waals surface area contributed by atoms with Gasteiger partial charge in [-0.25, -0.2) is 13.1 Å². The number of nitrogens with zero attached hydrogens (tertiary/aromatic N) is 2. The van der Waals surface area contributed by atoms with Crippen molar-refractivity contribution in [2.75, 3.05) is 0 Å². The second-order valence-corrected chi connectivity index (χ2v) is 8.36. The van der Waals surface area contributed by atoms with Gasteiger partial charge < -0.3 is 0 Å². The number of benzene rings is 2. The number of nitrogens with one attached hydrogen (secondary N) is 1. The summed E-state index contributed by atoms with van der Waals surface area (Å²) in [5, 5.41) is 4.33. The van der Waals surface area contributed by atoms with E-state index in [4.69, 9.17) is 0 Å². The highest BCUT2D eigenvalue weighted by atomic mass is 32.2. The number of aromatic nitrogens is 2. The fraction of sp³-hybridized carbons (Fsp3) is 0.200. The van der Waals surface area contributed by atoms with Crippen LogP contribution in [-0.2, 0) is 22.7 Å². The smallest absolute Gasteiger partial charge is 0.268 e. The normalized spacial score (nSPS) is 12.0. The number of hydrogen-bond acceptors (Lipinski definition) is 4. The lowest BCUT2D eigenvalue weighted by atomic mass is 10.1. The third kappa shape index (κ3) is 4.70. The van der Waals surface area contributed by atoms with Crippen LogP contribution in [0, 0.1) is 13.8 Å². The molecular formula is C20H18F3N3O3S. The van der Waals surface area contributed by atoms with Crippen LogP contribution in [0.3, 0.4) is 0 Å². The van der Waals surface area contributed by atoms with Gasteiger partial charge in [-0.15, -0.1) is 0 Å². The van der Waals surface area contributed by atoms with Gasteiger partial charge in [0, 0.05) is 11.3 Å². The Kier molecular flexibility index (Phi) is 5.71. The average Bonchev–Trinajstić information content (AvgIpc) is 2.98. The molecular weight excluding hydrogens is 419 g/mol. The van der Waals surface area contributed by atoms with Crippen LogP contribution < -0.4 is 4.72 Å². The number of carbonyl (C=O) groups excluding carboxylic acids is 1. The Balaban J connectivity index is 1.85. The minimum atomic E-state index is -4.88. The quantitative estimate of drug-likeness (QED) is 0.660. The molecule has 1 N–H and O–H groups in total. The minimum Gasteiger partial charge on any atom is -0.268 e. The molecule has 0 atom stereocenters. The molecule has 158 valence electrons. The molecule has 1 amide bonds. The van der Waals surface area contributed by atoms with Gasteiger partial charge in [-0.05, 0) is 49.7 Å². The van der Waals surface area contributed by atoms with Gasteiger partial charge in [0.15, 0.2) is 0 Å². The lowest BCUT2D eigenvalue weighted by Crippen LogP contribution is -2.32. The van der Waals surface area contributed by atoms with Crippen LogP contribution in [0.5, 0.6) is 0 Å². The Morgan fingerprint density at radius 1 is 1.07 bits per heavy atom. The predicted octanol–water partition coefficient (Wildman–Crippen LogP) is 3.69. The van der Waals surface area contributed by atoms with E-state index in [1.165, 1.54) is 12.1 Å². The second-order valence-electron chi connectivity index (χ2n) is 6.71. The molecule has 0 aliphatic carbocycles. The maximum Gasteiger partial charge on any atom is 0.417 e. The zero-order valence-electron chi connectivity index (χ0n) is 16.1. The monoisotopic (exact) mass is 437 g/mol. The van der Waals surface area contributed by atoms with Gasteiger partial charge in [-0.2, -0.15) is 18.3 Å². The molecule has 0 fully saturated rings. The Bertz CT molecular complexity index is 1200. The van der Waals surface area contributed by atoms with E-state index < -0.39 is 32.6 Å². The summed E-state index contributed by atoms with van der Waals surface area (Å²) in [5.74, 6) is -1.03. The van der Waals surface area contributed by atoms with Crippen molar-refractivity contribution >= 4 is 15.9 Å².